The Labute approximate surface area is 115 Å². The topological polar surface area (TPSA) is 55.1 Å². The molecule has 3 nitrogen and oxygen atoms in total. The van der Waals surface area contributed by atoms with E-state index < -0.39 is 5.54 Å². The second-order valence-corrected chi connectivity index (χ2v) is 7.04. The fourth-order valence-electron chi connectivity index (χ4n) is 3.18. The Hall–Kier alpha value is -0.220. The molecule has 0 aromatic heterocycles. The average Bonchev–Trinajstić information content (AvgIpc) is 2.40. The standard InChI is InChI=1S/C14H26N2OS/c1-18-12-7-5-11(6-8-12)16-13(17)14(15)9-3-2-4-10-14/h11-12H,2-10,15H2,1H3,(H,16,17). The molecule has 0 bridgehead atoms. The van der Waals surface area contributed by atoms with Crippen molar-refractivity contribution in [2.75, 3.05) is 6.26 Å². The van der Waals surface area contributed by atoms with Gasteiger partial charge in [0.15, 0.2) is 0 Å². The lowest BCUT2D eigenvalue weighted by atomic mass is 9.81. The van der Waals surface area contributed by atoms with Gasteiger partial charge >= 0.3 is 0 Å². The van der Waals surface area contributed by atoms with Crippen LogP contribution in [0, 0.1) is 0 Å². The SMILES string of the molecule is CSC1CCC(NC(=O)C2(N)CCCCC2)CC1. The van der Waals surface area contributed by atoms with Crippen LogP contribution < -0.4 is 11.1 Å². The van der Waals surface area contributed by atoms with Gasteiger partial charge in [-0.2, -0.15) is 11.8 Å². The van der Waals surface area contributed by atoms with Gasteiger partial charge in [-0.3, -0.25) is 4.79 Å². The van der Waals surface area contributed by atoms with E-state index in [0.717, 1.165) is 43.8 Å². The molecule has 2 aliphatic carbocycles. The molecule has 0 spiro atoms. The van der Waals surface area contributed by atoms with Gasteiger partial charge in [0.1, 0.15) is 0 Å². The lowest BCUT2D eigenvalue weighted by Crippen LogP contribution is -2.57. The largest absolute Gasteiger partial charge is 0.352 e. The average molecular weight is 270 g/mol. The second-order valence-electron chi connectivity index (χ2n) is 5.90. The molecule has 2 fully saturated rings. The van der Waals surface area contributed by atoms with Crippen molar-refractivity contribution in [2.45, 2.75) is 74.6 Å². The van der Waals surface area contributed by atoms with E-state index in [1.54, 1.807) is 0 Å². The molecule has 18 heavy (non-hydrogen) atoms. The van der Waals surface area contributed by atoms with Crippen molar-refractivity contribution in [3.8, 4) is 0 Å². The molecule has 0 heterocycles. The van der Waals surface area contributed by atoms with E-state index >= 15 is 0 Å². The summed E-state index contributed by atoms with van der Waals surface area (Å²) >= 11 is 1.96. The van der Waals surface area contributed by atoms with Gasteiger partial charge < -0.3 is 11.1 Å². The van der Waals surface area contributed by atoms with E-state index in [1.165, 1.54) is 19.3 Å². The summed E-state index contributed by atoms with van der Waals surface area (Å²) in [5, 5.41) is 3.99. The van der Waals surface area contributed by atoms with Crippen molar-refractivity contribution in [2.24, 2.45) is 5.73 Å². The van der Waals surface area contributed by atoms with E-state index in [9.17, 15) is 4.79 Å². The summed E-state index contributed by atoms with van der Waals surface area (Å²) < 4.78 is 0. The van der Waals surface area contributed by atoms with Gasteiger partial charge in [0.2, 0.25) is 5.91 Å². The van der Waals surface area contributed by atoms with Crippen molar-refractivity contribution in [1.82, 2.24) is 5.32 Å². The zero-order chi connectivity index (χ0) is 13.0. The number of rotatable bonds is 3. The molecule has 2 aliphatic rings. The number of hydrogen-bond donors (Lipinski definition) is 2. The van der Waals surface area contributed by atoms with Gasteiger partial charge in [-0.25, -0.2) is 0 Å². The van der Waals surface area contributed by atoms with E-state index in [4.69, 9.17) is 5.73 Å². The zero-order valence-electron chi connectivity index (χ0n) is 11.4. The lowest BCUT2D eigenvalue weighted by Gasteiger charge is -2.35. The molecule has 0 saturated heterocycles. The van der Waals surface area contributed by atoms with Crippen LogP contribution in [0.2, 0.25) is 0 Å². The number of nitrogens with one attached hydrogen (secondary N) is 1. The van der Waals surface area contributed by atoms with Gasteiger partial charge in [-0.1, -0.05) is 19.3 Å². The van der Waals surface area contributed by atoms with Crippen LogP contribution in [0.1, 0.15) is 57.8 Å². The third-order valence-electron chi connectivity index (χ3n) is 4.54. The first kappa shape index (κ1) is 14.2. The summed E-state index contributed by atoms with van der Waals surface area (Å²) in [6.45, 7) is 0. The number of hydrogen-bond acceptors (Lipinski definition) is 3. The summed E-state index contributed by atoms with van der Waals surface area (Å²) in [6.07, 6.45) is 12.0. The third-order valence-corrected chi connectivity index (χ3v) is 5.68. The zero-order valence-corrected chi connectivity index (χ0v) is 12.2. The van der Waals surface area contributed by atoms with Crippen molar-refractivity contribution >= 4 is 17.7 Å². The van der Waals surface area contributed by atoms with Crippen LogP contribution in [-0.4, -0.2) is 29.0 Å². The van der Waals surface area contributed by atoms with E-state index in [1.807, 2.05) is 11.8 Å². The van der Waals surface area contributed by atoms with Crippen LogP contribution in [0.25, 0.3) is 0 Å². The minimum atomic E-state index is -0.575. The Morgan fingerprint density at radius 2 is 1.78 bits per heavy atom. The molecular formula is C14H26N2OS. The minimum absolute atomic E-state index is 0.106. The Kier molecular flexibility index (Phi) is 4.96. The van der Waals surface area contributed by atoms with Crippen LogP contribution in [-0.2, 0) is 4.79 Å². The lowest BCUT2D eigenvalue weighted by molar-refractivity contribution is -0.128. The first-order valence-electron chi connectivity index (χ1n) is 7.27. The van der Waals surface area contributed by atoms with Crippen molar-refractivity contribution in [1.29, 1.82) is 0 Å². The van der Waals surface area contributed by atoms with Crippen LogP contribution >= 0.6 is 11.8 Å². The Morgan fingerprint density at radius 3 is 2.33 bits per heavy atom. The van der Waals surface area contributed by atoms with E-state index in [0.29, 0.717) is 6.04 Å². The Balaban J connectivity index is 1.80. The summed E-state index contributed by atoms with van der Waals surface area (Å²) in [7, 11) is 0. The quantitative estimate of drug-likeness (QED) is 0.828. The molecule has 0 aliphatic heterocycles. The molecule has 2 rings (SSSR count). The highest BCUT2D eigenvalue weighted by atomic mass is 32.2. The molecule has 1 amide bonds. The fourth-order valence-corrected chi connectivity index (χ4v) is 3.93. The number of amides is 1. The maximum Gasteiger partial charge on any atom is 0.240 e. The molecule has 0 atom stereocenters. The van der Waals surface area contributed by atoms with Gasteiger partial charge in [-0.05, 0) is 44.8 Å². The molecule has 0 radical (unpaired) electrons. The molecule has 2 saturated carbocycles. The van der Waals surface area contributed by atoms with Crippen LogP contribution in [0.4, 0.5) is 0 Å². The van der Waals surface area contributed by atoms with E-state index in [2.05, 4.69) is 11.6 Å². The van der Waals surface area contributed by atoms with Crippen molar-refractivity contribution in [3.63, 3.8) is 0 Å². The van der Waals surface area contributed by atoms with Crippen LogP contribution in [0.5, 0.6) is 0 Å². The third kappa shape index (κ3) is 3.41. The van der Waals surface area contributed by atoms with Gasteiger partial charge in [-0.15, -0.1) is 0 Å². The monoisotopic (exact) mass is 270 g/mol. The van der Waals surface area contributed by atoms with Crippen molar-refractivity contribution in [3.05, 3.63) is 0 Å². The molecule has 0 aromatic carbocycles. The Bertz CT molecular complexity index is 282. The number of thioether (sulfide) groups is 1. The summed E-state index contributed by atoms with van der Waals surface area (Å²) in [4.78, 5) is 12.3. The minimum Gasteiger partial charge on any atom is -0.352 e. The van der Waals surface area contributed by atoms with Crippen LogP contribution in [0.3, 0.4) is 0 Å². The predicted octanol–water partition coefficient (Wildman–Crippen LogP) is 2.44. The van der Waals surface area contributed by atoms with Gasteiger partial charge in [0, 0.05) is 11.3 Å². The van der Waals surface area contributed by atoms with E-state index in [-0.39, 0.29) is 5.91 Å². The Morgan fingerprint density at radius 1 is 1.17 bits per heavy atom. The number of carbonyl (C=O) groups is 1. The molecule has 0 unspecified atom stereocenters. The fraction of sp³-hybridized carbons (Fsp3) is 0.929. The highest BCUT2D eigenvalue weighted by molar-refractivity contribution is 7.99. The normalized spacial score (nSPS) is 31.9. The van der Waals surface area contributed by atoms with Crippen molar-refractivity contribution < 1.29 is 4.79 Å². The second kappa shape index (κ2) is 6.29. The molecular weight excluding hydrogens is 244 g/mol. The highest BCUT2D eigenvalue weighted by Gasteiger charge is 2.36. The number of carbonyl (C=O) groups excluding carboxylic acids is 1. The molecule has 0 aromatic rings. The first-order valence-corrected chi connectivity index (χ1v) is 8.55. The van der Waals surface area contributed by atoms with Gasteiger partial charge in [0.25, 0.3) is 0 Å². The number of nitrogens with two attached hydrogens (primary N) is 1. The van der Waals surface area contributed by atoms with Crippen LogP contribution in [0.15, 0.2) is 0 Å². The van der Waals surface area contributed by atoms with Gasteiger partial charge in [0.05, 0.1) is 5.54 Å². The summed E-state index contributed by atoms with van der Waals surface area (Å²) in [5.74, 6) is 0.106. The summed E-state index contributed by atoms with van der Waals surface area (Å²) in [6, 6.07) is 0.364. The summed E-state index contributed by atoms with van der Waals surface area (Å²) in [5.41, 5.74) is 5.68. The maximum atomic E-state index is 12.3. The molecule has 4 heteroatoms. The smallest absolute Gasteiger partial charge is 0.240 e. The molecule has 3 N–H and O–H groups in total. The maximum absolute atomic E-state index is 12.3. The molecule has 104 valence electrons. The highest BCUT2D eigenvalue weighted by Crippen LogP contribution is 2.29. The predicted molar refractivity (Wildman–Crippen MR) is 77.7 cm³/mol. The first-order chi connectivity index (χ1) is 8.64.